The molecule has 0 aliphatic carbocycles. The van der Waals surface area contributed by atoms with Gasteiger partial charge in [-0.15, -0.1) is 11.6 Å². The number of amides is 1. The standard InChI is InChI=1S/C13H24ClNO2/c1-10-5-6-11(17-10)12(16)15-9-13(2,3)7-4-8-14/h10-11H,4-9H2,1-3H3,(H,15,16). The largest absolute Gasteiger partial charge is 0.365 e. The number of carbonyl (C=O) groups is 1. The summed E-state index contributed by atoms with van der Waals surface area (Å²) in [5.74, 6) is 0.717. The minimum Gasteiger partial charge on any atom is -0.365 e. The lowest BCUT2D eigenvalue weighted by atomic mass is 9.88. The molecule has 2 unspecified atom stereocenters. The molecule has 1 fully saturated rings. The molecule has 2 atom stereocenters. The second-order valence-electron chi connectivity index (χ2n) is 5.69. The molecule has 100 valence electrons. The van der Waals surface area contributed by atoms with Crippen LogP contribution in [-0.2, 0) is 9.53 Å². The van der Waals surface area contributed by atoms with Gasteiger partial charge in [0.15, 0.2) is 0 Å². The molecule has 0 radical (unpaired) electrons. The summed E-state index contributed by atoms with van der Waals surface area (Å²) in [5.41, 5.74) is 0.106. The van der Waals surface area contributed by atoms with E-state index in [-0.39, 0.29) is 23.5 Å². The lowest BCUT2D eigenvalue weighted by Gasteiger charge is -2.25. The summed E-state index contributed by atoms with van der Waals surface area (Å²) in [6.07, 6.45) is 3.81. The topological polar surface area (TPSA) is 38.3 Å². The van der Waals surface area contributed by atoms with Gasteiger partial charge in [0, 0.05) is 12.4 Å². The summed E-state index contributed by atoms with van der Waals surface area (Å²) in [6, 6.07) is 0. The Morgan fingerprint density at radius 2 is 2.18 bits per heavy atom. The second kappa shape index (κ2) is 6.60. The van der Waals surface area contributed by atoms with Crippen LogP contribution in [0.2, 0.25) is 0 Å². The van der Waals surface area contributed by atoms with Crippen LogP contribution in [0.5, 0.6) is 0 Å². The molecule has 3 nitrogen and oxygen atoms in total. The second-order valence-corrected chi connectivity index (χ2v) is 6.07. The van der Waals surface area contributed by atoms with E-state index >= 15 is 0 Å². The molecule has 0 aromatic carbocycles. The van der Waals surface area contributed by atoms with Crippen molar-refractivity contribution in [3.05, 3.63) is 0 Å². The molecule has 4 heteroatoms. The molecule has 17 heavy (non-hydrogen) atoms. The number of carbonyl (C=O) groups excluding carboxylic acids is 1. The number of hydrogen-bond acceptors (Lipinski definition) is 2. The molecule has 0 aromatic rings. The fourth-order valence-electron chi connectivity index (χ4n) is 2.07. The van der Waals surface area contributed by atoms with Crippen molar-refractivity contribution in [1.29, 1.82) is 0 Å². The van der Waals surface area contributed by atoms with Gasteiger partial charge in [-0.2, -0.15) is 0 Å². The third-order valence-corrected chi connectivity index (χ3v) is 3.52. The molecule has 0 bridgehead atoms. The van der Waals surface area contributed by atoms with Crippen molar-refractivity contribution in [2.75, 3.05) is 12.4 Å². The molecule has 1 heterocycles. The summed E-state index contributed by atoms with van der Waals surface area (Å²) >= 11 is 5.68. The molecule has 0 spiro atoms. The highest BCUT2D eigenvalue weighted by atomic mass is 35.5. The molecule has 1 amide bonds. The van der Waals surface area contributed by atoms with Crippen molar-refractivity contribution in [3.8, 4) is 0 Å². The lowest BCUT2D eigenvalue weighted by Crippen LogP contribution is -2.40. The average Bonchev–Trinajstić information content (AvgIpc) is 2.70. The number of hydrogen-bond donors (Lipinski definition) is 1. The first-order valence-corrected chi connectivity index (χ1v) is 6.97. The summed E-state index contributed by atoms with van der Waals surface area (Å²) < 4.78 is 5.54. The number of nitrogens with one attached hydrogen (secondary N) is 1. The van der Waals surface area contributed by atoms with E-state index in [4.69, 9.17) is 16.3 Å². The molecule has 1 rings (SSSR count). The van der Waals surface area contributed by atoms with Crippen LogP contribution in [0.15, 0.2) is 0 Å². The van der Waals surface area contributed by atoms with Gasteiger partial charge in [0.1, 0.15) is 6.10 Å². The maximum Gasteiger partial charge on any atom is 0.249 e. The summed E-state index contributed by atoms with van der Waals surface area (Å²) in [6.45, 7) is 7.00. The van der Waals surface area contributed by atoms with Gasteiger partial charge < -0.3 is 10.1 Å². The van der Waals surface area contributed by atoms with Gasteiger partial charge in [-0.25, -0.2) is 0 Å². The maximum atomic E-state index is 11.8. The first-order chi connectivity index (χ1) is 7.94. The predicted octanol–water partition coefficient (Wildman–Crippen LogP) is 2.72. The maximum absolute atomic E-state index is 11.8. The highest BCUT2D eigenvalue weighted by Crippen LogP contribution is 2.23. The van der Waals surface area contributed by atoms with E-state index in [0.717, 1.165) is 25.7 Å². The fraction of sp³-hybridized carbons (Fsp3) is 0.923. The van der Waals surface area contributed by atoms with Crippen LogP contribution in [0.25, 0.3) is 0 Å². The minimum atomic E-state index is -0.242. The Hall–Kier alpha value is -0.280. The van der Waals surface area contributed by atoms with Gasteiger partial charge in [0.05, 0.1) is 6.10 Å². The van der Waals surface area contributed by atoms with E-state index in [9.17, 15) is 4.79 Å². The van der Waals surface area contributed by atoms with Gasteiger partial charge in [-0.1, -0.05) is 13.8 Å². The van der Waals surface area contributed by atoms with Crippen molar-refractivity contribution in [1.82, 2.24) is 5.32 Å². The number of halogens is 1. The highest BCUT2D eigenvalue weighted by Gasteiger charge is 2.29. The van der Waals surface area contributed by atoms with Gasteiger partial charge in [0.2, 0.25) is 5.91 Å². The Labute approximate surface area is 109 Å². The van der Waals surface area contributed by atoms with Crippen LogP contribution in [0.4, 0.5) is 0 Å². The Morgan fingerprint density at radius 3 is 2.71 bits per heavy atom. The average molecular weight is 262 g/mol. The first-order valence-electron chi connectivity index (χ1n) is 6.44. The monoisotopic (exact) mass is 261 g/mol. The van der Waals surface area contributed by atoms with E-state index in [2.05, 4.69) is 19.2 Å². The smallest absolute Gasteiger partial charge is 0.249 e. The Balaban J connectivity index is 2.27. The Bertz CT molecular complexity index is 256. The Morgan fingerprint density at radius 1 is 1.47 bits per heavy atom. The molecule has 1 aliphatic rings. The van der Waals surface area contributed by atoms with E-state index < -0.39 is 0 Å². The van der Waals surface area contributed by atoms with Crippen LogP contribution < -0.4 is 5.32 Å². The normalized spacial score (nSPS) is 24.9. The SMILES string of the molecule is CC1CCC(C(=O)NCC(C)(C)CCCCl)O1. The third-order valence-electron chi connectivity index (χ3n) is 3.25. The van der Waals surface area contributed by atoms with Crippen LogP contribution in [-0.4, -0.2) is 30.5 Å². The zero-order chi connectivity index (χ0) is 12.9. The highest BCUT2D eigenvalue weighted by molar-refractivity contribution is 6.17. The van der Waals surface area contributed by atoms with Crippen molar-refractivity contribution in [2.24, 2.45) is 5.41 Å². The van der Waals surface area contributed by atoms with Gasteiger partial charge >= 0.3 is 0 Å². The molecular weight excluding hydrogens is 238 g/mol. The predicted molar refractivity (Wildman–Crippen MR) is 70.3 cm³/mol. The molecule has 1 aliphatic heterocycles. The van der Waals surface area contributed by atoms with Gasteiger partial charge in [-0.05, 0) is 38.0 Å². The van der Waals surface area contributed by atoms with Gasteiger partial charge in [-0.3, -0.25) is 4.79 Å². The van der Waals surface area contributed by atoms with E-state index in [1.165, 1.54) is 0 Å². The summed E-state index contributed by atoms with van der Waals surface area (Å²) in [4.78, 5) is 11.8. The van der Waals surface area contributed by atoms with E-state index in [1.54, 1.807) is 0 Å². The summed E-state index contributed by atoms with van der Waals surface area (Å²) in [7, 11) is 0. The van der Waals surface area contributed by atoms with Crippen molar-refractivity contribution in [3.63, 3.8) is 0 Å². The number of ether oxygens (including phenoxy) is 1. The lowest BCUT2D eigenvalue weighted by molar-refractivity contribution is -0.132. The van der Waals surface area contributed by atoms with Crippen LogP contribution in [0.1, 0.15) is 46.5 Å². The van der Waals surface area contributed by atoms with Crippen molar-refractivity contribution >= 4 is 17.5 Å². The number of rotatable bonds is 6. The van der Waals surface area contributed by atoms with E-state index in [0.29, 0.717) is 12.4 Å². The molecular formula is C13H24ClNO2. The van der Waals surface area contributed by atoms with Crippen LogP contribution >= 0.6 is 11.6 Å². The van der Waals surface area contributed by atoms with Gasteiger partial charge in [0.25, 0.3) is 0 Å². The van der Waals surface area contributed by atoms with Crippen molar-refractivity contribution in [2.45, 2.75) is 58.7 Å². The van der Waals surface area contributed by atoms with Crippen LogP contribution in [0.3, 0.4) is 0 Å². The van der Waals surface area contributed by atoms with Crippen molar-refractivity contribution < 1.29 is 9.53 Å². The zero-order valence-electron chi connectivity index (χ0n) is 11.1. The van der Waals surface area contributed by atoms with E-state index in [1.807, 2.05) is 6.92 Å². The molecule has 1 N–H and O–H groups in total. The third kappa shape index (κ3) is 5.26. The van der Waals surface area contributed by atoms with Crippen LogP contribution in [0, 0.1) is 5.41 Å². The fourth-order valence-corrected chi connectivity index (χ4v) is 2.20. The minimum absolute atomic E-state index is 0.0355. The number of alkyl halides is 1. The Kier molecular flexibility index (Phi) is 5.74. The first kappa shape index (κ1) is 14.8. The zero-order valence-corrected chi connectivity index (χ0v) is 11.8. The molecule has 1 saturated heterocycles. The molecule has 0 aromatic heterocycles. The summed E-state index contributed by atoms with van der Waals surface area (Å²) in [5, 5.41) is 2.99. The quantitative estimate of drug-likeness (QED) is 0.747. The molecule has 0 saturated carbocycles.